The number of hydrogen-bond donors (Lipinski definition) is 1. The SMILES string of the molecule is Cc1nn(CCC(=O)N2CCC3(CC2)CC(CN2CCCC2)OC3=O)c(C)c1C.O=CO. The minimum Gasteiger partial charge on any atom is -0.483 e. The topological polar surface area (TPSA) is 105 Å². The lowest BCUT2D eigenvalue weighted by Crippen LogP contribution is -2.45. The Morgan fingerprint density at radius 3 is 2.38 bits per heavy atom. The van der Waals surface area contributed by atoms with Crippen LogP contribution in [0, 0.1) is 26.2 Å². The molecule has 0 radical (unpaired) electrons. The Balaban J connectivity index is 0.000000913. The first kappa shape index (κ1) is 24.2. The van der Waals surface area contributed by atoms with Crippen molar-refractivity contribution in [1.82, 2.24) is 19.6 Å². The first-order valence-corrected chi connectivity index (χ1v) is 11.6. The van der Waals surface area contributed by atoms with Gasteiger partial charge >= 0.3 is 5.97 Å². The Morgan fingerprint density at radius 1 is 1.19 bits per heavy atom. The Bertz CT molecular complexity index is 823. The van der Waals surface area contributed by atoms with Crippen LogP contribution in [-0.4, -0.2) is 81.9 Å². The molecular weight excluding hydrogens is 412 g/mol. The minimum absolute atomic E-state index is 0.0251. The highest BCUT2D eigenvalue weighted by molar-refractivity contribution is 5.80. The van der Waals surface area contributed by atoms with E-state index in [1.807, 2.05) is 16.5 Å². The Hall–Kier alpha value is -2.42. The molecule has 3 saturated heterocycles. The van der Waals surface area contributed by atoms with E-state index in [9.17, 15) is 9.59 Å². The summed E-state index contributed by atoms with van der Waals surface area (Å²) in [5.41, 5.74) is 2.98. The van der Waals surface area contributed by atoms with E-state index in [-0.39, 0.29) is 29.9 Å². The zero-order valence-electron chi connectivity index (χ0n) is 19.5. The number of amides is 1. The van der Waals surface area contributed by atoms with Gasteiger partial charge in [0.2, 0.25) is 5.91 Å². The Labute approximate surface area is 189 Å². The number of cyclic esters (lactones) is 1. The molecule has 1 unspecified atom stereocenters. The van der Waals surface area contributed by atoms with Gasteiger partial charge in [0.1, 0.15) is 6.10 Å². The largest absolute Gasteiger partial charge is 0.483 e. The van der Waals surface area contributed by atoms with Crippen LogP contribution in [0.15, 0.2) is 0 Å². The number of piperidine rings is 1. The second-order valence-electron chi connectivity index (χ2n) is 9.27. The lowest BCUT2D eigenvalue weighted by Gasteiger charge is -2.36. The molecule has 9 heteroatoms. The number of carbonyl (C=O) groups excluding carboxylic acids is 2. The van der Waals surface area contributed by atoms with Crippen molar-refractivity contribution in [2.24, 2.45) is 5.41 Å². The van der Waals surface area contributed by atoms with Gasteiger partial charge in [0, 0.05) is 44.7 Å². The molecule has 9 nitrogen and oxygen atoms in total. The van der Waals surface area contributed by atoms with Crippen LogP contribution < -0.4 is 0 Å². The molecule has 1 amide bonds. The molecule has 32 heavy (non-hydrogen) atoms. The number of carboxylic acid groups (broad SMARTS) is 1. The van der Waals surface area contributed by atoms with E-state index in [0.717, 1.165) is 50.3 Å². The number of esters is 1. The summed E-state index contributed by atoms with van der Waals surface area (Å²) in [5.74, 6) is 0.122. The van der Waals surface area contributed by atoms with E-state index < -0.39 is 0 Å². The van der Waals surface area contributed by atoms with Crippen molar-refractivity contribution >= 4 is 18.3 Å². The van der Waals surface area contributed by atoms with Crippen LogP contribution in [0.25, 0.3) is 0 Å². The lowest BCUT2D eigenvalue weighted by molar-refractivity contribution is -0.152. The third-order valence-corrected chi connectivity index (χ3v) is 7.34. The minimum atomic E-state index is -0.367. The molecule has 0 bridgehead atoms. The maximum Gasteiger partial charge on any atom is 0.312 e. The highest BCUT2D eigenvalue weighted by atomic mass is 16.6. The van der Waals surface area contributed by atoms with Gasteiger partial charge in [0.05, 0.1) is 11.1 Å². The molecule has 0 aliphatic carbocycles. The monoisotopic (exact) mass is 448 g/mol. The Kier molecular flexibility index (Phi) is 7.92. The first-order valence-electron chi connectivity index (χ1n) is 11.6. The van der Waals surface area contributed by atoms with Gasteiger partial charge in [0.25, 0.3) is 6.47 Å². The van der Waals surface area contributed by atoms with Gasteiger partial charge in [-0.1, -0.05) is 0 Å². The van der Waals surface area contributed by atoms with Crippen LogP contribution >= 0.6 is 0 Å². The summed E-state index contributed by atoms with van der Waals surface area (Å²) in [5, 5.41) is 11.4. The number of aryl methyl sites for hydroxylation is 2. The summed E-state index contributed by atoms with van der Waals surface area (Å²) < 4.78 is 7.68. The highest BCUT2D eigenvalue weighted by Crippen LogP contribution is 2.43. The number of ether oxygens (including phenoxy) is 1. The maximum atomic E-state index is 12.7. The van der Waals surface area contributed by atoms with E-state index in [1.165, 1.54) is 18.4 Å². The molecule has 0 saturated carbocycles. The van der Waals surface area contributed by atoms with Crippen LogP contribution in [0.4, 0.5) is 0 Å². The second-order valence-corrected chi connectivity index (χ2v) is 9.27. The predicted octanol–water partition coefficient (Wildman–Crippen LogP) is 1.92. The molecule has 0 aromatic carbocycles. The molecule has 1 spiro atoms. The van der Waals surface area contributed by atoms with Crippen molar-refractivity contribution in [2.75, 3.05) is 32.7 Å². The van der Waals surface area contributed by atoms with Crippen molar-refractivity contribution in [3.8, 4) is 0 Å². The van der Waals surface area contributed by atoms with E-state index in [4.69, 9.17) is 14.6 Å². The van der Waals surface area contributed by atoms with Gasteiger partial charge in [-0.25, -0.2) is 0 Å². The summed E-state index contributed by atoms with van der Waals surface area (Å²) >= 11 is 0. The maximum absolute atomic E-state index is 12.7. The number of carbonyl (C=O) groups is 3. The van der Waals surface area contributed by atoms with Crippen LogP contribution in [0.3, 0.4) is 0 Å². The summed E-state index contributed by atoms with van der Waals surface area (Å²) in [4.78, 5) is 38.0. The zero-order valence-corrected chi connectivity index (χ0v) is 19.5. The summed E-state index contributed by atoms with van der Waals surface area (Å²) in [6.45, 7) is 10.9. The average molecular weight is 449 g/mol. The zero-order chi connectivity index (χ0) is 23.3. The van der Waals surface area contributed by atoms with E-state index in [0.29, 0.717) is 26.1 Å². The van der Waals surface area contributed by atoms with E-state index in [1.54, 1.807) is 0 Å². The molecule has 1 atom stereocenters. The van der Waals surface area contributed by atoms with Crippen LogP contribution in [-0.2, 0) is 25.7 Å². The highest BCUT2D eigenvalue weighted by Gasteiger charge is 2.51. The van der Waals surface area contributed by atoms with Gasteiger partial charge in [0.15, 0.2) is 0 Å². The van der Waals surface area contributed by atoms with Crippen LogP contribution in [0.5, 0.6) is 0 Å². The van der Waals surface area contributed by atoms with Gasteiger partial charge in [-0.2, -0.15) is 5.10 Å². The van der Waals surface area contributed by atoms with Crippen molar-refractivity contribution < 1.29 is 24.2 Å². The molecule has 3 fully saturated rings. The van der Waals surface area contributed by atoms with Gasteiger partial charge < -0.3 is 14.7 Å². The molecule has 4 heterocycles. The smallest absolute Gasteiger partial charge is 0.312 e. The summed E-state index contributed by atoms with van der Waals surface area (Å²) in [7, 11) is 0. The lowest BCUT2D eigenvalue weighted by atomic mass is 9.76. The number of aromatic nitrogens is 2. The fraction of sp³-hybridized carbons (Fsp3) is 0.739. The molecule has 1 aromatic rings. The normalized spacial score (nSPS) is 22.5. The summed E-state index contributed by atoms with van der Waals surface area (Å²) in [6.07, 6.45) is 5.25. The number of hydrogen-bond acceptors (Lipinski definition) is 6. The second kappa shape index (κ2) is 10.5. The fourth-order valence-electron chi connectivity index (χ4n) is 5.15. The molecule has 3 aliphatic heterocycles. The average Bonchev–Trinajstić information content (AvgIpc) is 3.44. The van der Waals surface area contributed by atoms with Crippen molar-refractivity contribution in [3.05, 3.63) is 17.0 Å². The standard InChI is InChI=1S/C22H34N4O3.CH2O2/c1-16-17(2)23-26(18(16)3)11-6-20(27)25-12-7-22(8-13-25)14-19(29-21(22)28)15-24-9-4-5-10-24;2-1-3/h19H,4-15H2,1-3H3;1H,(H,2,3). The van der Waals surface area contributed by atoms with Gasteiger partial charge in [-0.3, -0.25) is 24.0 Å². The van der Waals surface area contributed by atoms with Crippen molar-refractivity contribution in [3.63, 3.8) is 0 Å². The third-order valence-electron chi connectivity index (χ3n) is 7.34. The predicted molar refractivity (Wildman–Crippen MR) is 118 cm³/mol. The molecule has 4 rings (SSSR count). The number of rotatable bonds is 5. The number of nitrogens with zero attached hydrogens (tertiary/aromatic N) is 4. The molecule has 178 valence electrons. The Morgan fingerprint density at radius 2 is 1.81 bits per heavy atom. The van der Waals surface area contributed by atoms with Gasteiger partial charge in [-0.15, -0.1) is 0 Å². The summed E-state index contributed by atoms with van der Waals surface area (Å²) in [6, 6.07) is 0. The van der Waals surface area contributed by atoms with Gasteiger partial charge in [-0.05, 0) is 65.1 Å². The van der Waals surface area contributed by atoms with E-state index >= 15 is 0 Å². The van der Waals surface area contributed by atoms with Crippen LogP contribution in [0.1, 0.15) is 55.5 Å². The van der Waals surface area contributed by atoms with E-state index in [2.05, 4.69) is 23.8 Å². The van der Waals surface area contributed by atoms with Crippen molar-refractivity contribution in [1.29, 1.82) is 0 Å². The molecule has 1 N–H and O–H groups in total. The first-order chi connectivity index (χ1) is 15.3. The fourth-order valence-corrected chi connectivity index (χ4v) is 5.15. The number of likely N-dealkylation sites (tertiary alicyclic amines) is 2. The van der Waals surface area contributed by atoms with Crippen molar-refractivity contribution in [2.45, 2.75) is 71.9 Å². The third kappa shape index (κ3) is 5.31. The van der Waals surface area contributed by atoms with Crippen LogP contribution in [0.2, 0.25) is 0 Å². The quantitative estimate of drug-likeness (QED) is 0.542. The molecular formula is C23H36N4O5. The molecule has 1 aromatic heterocycles. The molecule has 3 aliphatic rings.